The first-order chi connectivity index (χ1) is 11.8. The molecule has 2 aromatic rings. The largest absolute Gasteiger partial charge is 0.354 e. The third-order valence-electron chi connectivity index (χ3n) is 5.36. The molecule has 2 N–H and O–H groups in total. The van der Waals surface area contributed by atoms with Crippen molar-refractivity contribution in [1.29, 1.82) is 0 Å². The molecule has 1 aliphatic rings. The SMILES string of the molecule is CN[C@@]1(c2ccccc2Cl)CCCC[C@@H]1NCCCn1cccc1. The van der Waals surface area contributed by atoms with Gasteiger partial charge in [0.05, 0.1) is 5.54 Å². The van der Waals surface area contributed by atoms with E-state index < -0.39 is 0 Å². The molecule has 130 valence electrons. The molecule has 3 nitrogen and oxygen atoms in total. The molecule has 4 heteroatoms. The lowest BCUT2D eigenvalue weighted by Gasteiger charge is -2.45. The van der Waals surface area contributed by atoms with E-state index in [2.05, 4.69) is 58.9 Å². The number of aromatic nitrogens is 1. The van der Waals surface area contributed by atoms with Gasteiger partial charge >= 0.3 is 0 Å². The molecule has 24 heavy (non-hydrogen) atoms. The molecule has 3 rings (SSSR count). The zero-order valence-electron chi connectivity index (χ0n) is 14.5. The Balaban J connectivity index is 1.68. The van der Waals surface area contributed by atoms with Crippen LogP contribution in [0.2, 0.25) is 5.02 Å². The van der Waals surface area contributed by atoms with Crippen molar-refractivity contribution in [2.75, 3.05) is 13.6 Å². The predicted molar refractivity (Wildman–Crippen MR) is 101 cm³/mol. The Morgan fingerprint density at radius 2 is 1.96 bits per heavy atom. The van der Waals surface area contributed by atoms with Crippen LogP contribution in [0.25, 0.3) is 0 Å². The molecule has 1 aliphatic carbocycles. The van der Waals surface area contributed by atoms with E-state index in [9.17, 15) is 0 Å². The second-order valence-corrected chi connectivity index (χ2v) is 7.14. The molecule has 1 fully saturated rings. The molecule has 0 unspecified atom stereocenters. The number of rotatable bonds is 7. The van der Waals surface area contributed by atoms with Crippen LogP contribution in [0.1, 0.15) is 37.7 Å². The van der Waals surface area contributed by atoms with Crippen molar-refractivity contribution in [3.63, 3.8) is 0 Å². The first-order valence-electron chi connectivity index (χ1n) is 9.04. The molecular weight excluding hydrogens is 318 g/mol. The maximum Gasteiger partial charge on any atom is 0.0602 e. The van der Waals surface area contributed by atoms with Crippen LogP contribution in [0, 0.1) is 0 Å². The smallest absolute Gasteiger partial charge is 0.0602 e. The average Bonchev–Trinajstić information content (AvgIpc) is 3.13. The summed E-state index contributed by atoms with van der Waals surface area (Å²) in [6.45, 7) is 2.09. The minimum Gasteiger partial charge on any atom is -0.354 e. The van der Waals surface area contributed by atoms with Crippen molar-refractivity contribution in [3.8, 4) is 0 Å². The van der Waals surface area contributed by atoms with Crippen LogP contribution in [0.5, 0.6) is 0 Å². The van der Waals surface area contributed by atoms with E-state index in [0.29, 0.717) is 6.04 Å². The second-order valence-electron chi connectivity index (χ2n) is 6.73. The number of aryl methyl sites for hydroxylation is 1. The van der Waals surface area contributed by atoms with Crippen LogP contribution in [-0.2, 0) is 12.1 Å². The topological polar surface area (TPSA) is 29.0 Å². The standard InChI is InChI=1S/C20H28ClN3/c1-22-20(17-9-2-3-10-18(17)21)12-5-4-11-19(20)23-13-8-16-24-14-6-7-15-24/h2-3,6-7,9-10,14-15,19,22-23H,4-5,8,11-13,16H2,1H3/t19-,20+/m0/s1. The molecule has 1 aromatic carbocycles. The number of nitrogens with zero attached hydrogens (tertiary/aromatic N) is 1. The average molecular weight is 346 g/mol. The zero-order valence-corrected chi connectivity index (χ0v) is 15.2. The number of hydrogen-bond donors (Lipinski definition) is 2. The number of hydrogen-bond acceptors (Lipinski definition) is 2. The quantitative estimate of drug-likeness (QED) is 0.737. The lowest BCUT2D eigenvalue weighted by atomic mass is 9.72. The third-order valence-corrected chi connectivity index (χ3v) is 5.69. The predicted octanol–water partition coefficient (Wildman–Crippen LogP) is 4.18. The Morgan fingerprint density at radius 3 is 2.71 bits per heavy atom. The zero-order chi connectivity index (χ0) is 16.8. The highest BCUT2D eigenvalue weighted by Crippen LogP contribution is 2.40. The van der Waals surface area contributed by atoms with Crippen molar-refractivity contribution in [2.45, 2.75) is 50.2 Å². The molecule has 0 bridgehead atoms. The Labute approximate surface area is 150 Å². The fourth-order valence-corrected chi connectivity index (χ4v) is 4.39. The summed E-state index contributed by atoms with van der Waals surface area (Å²) >= 11 is 6.55. The van der Waals surface area contributed by atoms with E-state index in [0.717, 1.165) is 31.0 Å². The van der Waals surface area contributed by atoms with Crippen LogP contribution in [0.15, 0.2) is 48.8 Å². The normalized spacial score (nSPS) is 24.2. The number of likely N-dealkylation sites (N-methyl/N-ethyl adjacent to an activating group) is 1. The van der Waals surface area contributed by atoms with Crippen LogP contribution in [-0.4, -0.2) is 24.2 Å². The van der Waals surface area contributed by atoms with E-state index in [1.807, 2.05) is 12.1 Å². The minimum atomic E-state index is -0.0654. The molecule has 1 saturated carbocycles. The number of benzene rings is 1. The van der Waals surface area contributed by atoms with Crippen molar-refractivity contribution in [3.05, 3.63) is 59.4 Å². The van der Waals surface area contributed by atoms with Gasteiger partial charge in [0.15, 0.2) is 0 Å². The molecule has 2 atom stereocenters. The van der Waals surface area contributed by atoms with Crippen LogP contribution >= 0.6 is 11.6 Å². The molecule has 0 amide bonds. The summed E-state index contributed by atoms with van der Waals surface area (Å²) in [5, 5.41) is 8.31. The Bertz CT molecular complexity index is 626. The van der Waals surface area contributed by atoms with Crippen molar-refractivity contribution in [1.82, 2.24) is 15.2 Å². The Kier molecular flexibility index (Phi) is 5.99. The molecule has 0 aliphatic heterocycles. The first-order valence-corrected chi connectivity index (χ1v) is 9.42. The summed E-state index contributed by atoms with van der Waals surface area (Å²) in [5.41, 5.74) is 1.17. The second kappa shape index (κ2) is 8.19. The van der Waals surface area contributed by atoms with Gasteiger partial charge in [0.25, 0.3) is 0 Å². The van der Waals surface area contributed by atoms with Gasteiger partial charge in [0.1, 0.15) is 0 Å². The Morgan fingerprint density at radius 1 is 1.17 bits per heavy atom. The van der Waals surface area contributed by atoms with Gasteiger partial charge in [0.2, 0.25) is 0 Å². The highest BCUT2D eigenvalue weighted by molar-refractivity contribution is 6.31. The summed E-state index contributed by atoms with van der Waals surface area (Å²) in [6.07, 6.45) is 10.2. The maximum atomic E-state index is 6.55. The molecule has 1 heterocycles. The fourth-order valence-electron chi connectivity index (χ4n) is 4.09. The van der Waals surface area contributed by atoms with E-state index in [-0.39, 0.29) is 5.54 Å². The summed E-state index contributed by atoms with van der Waals surface area (Å²) < 4.78 is 2.24. The highest BCUT2D eigenvalue weighted by Gasteiger charge is 2.41. The molecular formula is C20H28ClN3. The third kappa shape index (κ3) is 3.69. The van der Waals surface area contributed by atoms with Gasteiger partial charge in [-0.15, -0.1) is 0 Å². The lowest BCUT2D eigenvalue weighted by molar-refractivity contribution is 0.177. The van der Waals surface area contributed by atoms with Gasteiger partial charge in [0, 0.05) is 30.0 Å². The van der Waals surface area contributed by atoms with Crippen molar-refractivity contribution >= 4 is 11.6 Å². The van der Waals surface area contributed by atoms with Crippen molar-refractivity contribution < 1.29 is 0 Å². The van der Waals surface area contributed by atoms with Gasteiger partial charge in [-0.05, 0) is 56.6 Å². The van der Waals surface area contributed by atoms with E-state index in [1.165, 1.54) is 24.8 Å². The van der Waals surface area contributed by atoms with Gasteiger partial charge in [-0.1, -0.05) is 42.6 Å². The van der Waals surface area contributed by atoms with Gasteiger partial charge in [-0.2, -0.15) is 0 Å². The molecule has 0 saturated heterocycles. The molecule has 0 spiro atoms. The van der Waals surface area contributed by atoms with Crippen LogP contribution < -0.4 is 10.6 Å². The minimum absolute atomic E-state index is 0.0654. The fraction of sp³-hybridized carbons (Fsp3) is 0.500. The first kappa shape index (κ1) is 17.5. The van der Waals surface area contributed by atoms with Crippen LogP contribution in [0.3, 0.4) is 0 Å². The van der Waals surface area contributed by atoms with E-state index in [4.69, 9.17) is 11.6 Å². The maximum absolute atomic E-state index is 6.55. The van der Waals surface area contributed by atoms with E-state index in [1.54, 1.807) is 0 Å². The lowest BCUT2D eigenvalue weighted by Crippen LogP contribution is -2.58. The summed E-state index contributed by atoms with van der Waals surface area (Å²) in [7, 11) is 2.07. The van der Waals surface area contributed by atoms with Gasteiger partial charge in [-0.3, -0.25) is 0 Å². The Hall–Kier alpha value is -1.29. The summed E-state index contributed by atoms with van der Waals surface area (Å²) in [5.74, 6) is 0. The number of halogens is 1. The number of nitrogens with one attached hydrogen (secondary N) is 2. The summed E-state index contributed by atoms with van der Waals surface area (Å²) in [6, 6.07) is 12.9. The highest BCUT2D eigenvalue weighted by atomic mass is 35.5. The monoisotopic (exact) mass is 345 g/mol. The molecule has 0 radical (unpaired) electrons. The van der Waals surface area contributed by atoms with Crippen molar-refractivity contribution in [2.24, 2.45) is 0 Å². The van der Waals surface area contributed by atoms with Crippen LogP contribution in [0.4, 0.5) is 0 Å². The molecule has 1 aromatic heterocycles. The van der Waals surface area contributed by atoms with Gasteiger partial charge in [-0.25, -0.2) is 0 Å². The van der Waals surface area contributed by atoms with Gasteiger partial charge < -0.3 is 15.2 Å². The summed E-state index contributed by atoms with van der Waals surface area (Å²) in [4.78, 5) is 0. The van der Waals surface area contributed by atoms with E-state index >= 15 is 0 Å².